The molecule has 2 heterocycles. The van der Waals surface area contributed by atoms with Crippen molar-refractivity contribution >= 4 is 81.3 Å². The van der Waals surface area contributed by atoms with Gasteiger partial charge in [0.15, 0.2) is 0 Å². The third kappa shape index (κ3) is 5.76. The predicted molar refractivity (Wildman–Crippen MR) is 287 cm³/mol. The van der Waals surface area contributed by atoms with Crippen LogP contribution in [0, 0.1) is 0 Å². The van der Waals surface area contributed by atoms with Gasteiger partial charge in [-0.3, -0.25) is 0 Å². The molecule has 0 unspecified atom stereocenters. The predicted octanol–water partition coefficient (Wildman–Crippen LogP) is 18.3. The highest BCUT2D eigenvalue weighted by atomic mass is 32.1. The van der Waals surface area contributed by atoms with Crippen molar-refractivity contribution in [2.24, 2.45) is 0 Å². The first-order chi connectivity index (χ1) is 33.7. The maximum Gasteiger partial charge on any atom is 0.143 e. The Morgan fingerprint density at radius 1 is 0.368 bits per heavy atom. The minimum Gasteiger partial charge on any atom is -0.455 e. The molecule has 13 aromatic rings. The van der Waals surface area contributed by atoms with Crippen LogP contribution in [0.3, 0.4) is 0 Å². The molecule has 0 spiro atoms. The summed E-state index contributed by atoms with van der Waals surface area (Å²) >= 11 is 1.87. The van der Waals surface area contributed by atoms with Gasteiger partial charge in [-0.15, -0.1) is 11.3 Å². The number of hydrogen-bond donors (Lipinski definition) is 0. The first kappa shape index (κ1) is 38.7. The molecule has 0 saturated carbocycles. The van der Waals surface area contributed by atoms with Crippen molar-refractivity contribution in [1.82, 2.24) is 0 Å². The quantitative estimate of drug-likeness (QED) is 0.159. The van der Waals surface area contributed by atoms with Gasteiger partial charge in [0.25, 0.3) is 0 Å². The lowest BCUT2D eigenvalue weighted by atomic mass is 9.67. The van der Waals surface area contributed by atoms with Crippen LogP contribution in [0.2, 0.25) is 0 Å². The van der Waals surface area contributed by atoms with Gasteiger partial charge in [-0.1, -0.05) is 194 Å². The summed E-state index contributed by atoms with van der Waals surface area (Å²) < 4.78 is 9.31. The van der Waals surface area contributed by atoms with Gasteiger partial charge in [0.2, 0.25) is 0 Å². The molecule has 68 heavy (non-hydrogen) atoms. The molecule has 2 aromatic heterocycles. The summed E-state index contributed by atoms with van der Waals surface area (Å²) in [6.07, 6.45) is 0. The number of furan rings is 1. The topological polar surface area (TPSA) is 16.4 Å². The lowest BCUT2D eigenvalue weighted by Gasteiger charge is -2.35. The summed E-state index contributed by atoms with van der Waals surface area (Å²) in [5.41, 5.74) is 16.8. The van der Waals surface area contributed by atoms with Gasteiger partial charge in [-0.25, -0.2) is 0 Å². The SMILES string of the molecule is c1ccc(C2(c3ccccc3)c3ccccc3-c3ccc(N(c4ccc(-c5cccc6c5sc5ccccc56)cc4)c4cccc(-c5cccc6oc7c8ccccc8ccc7c56)c4)cc32)cc1. The number of anilines is 3. The second-order valence-corrected chi connectivity index (χ2v) is 19.0. The molecule has 2 nitrogen and oxygen atoms in total. The Hall–Kier alpha value is -8.50. The maximum atomic E-state index is 6.69. The number of nitrogens with zero attached hydrogens (tertiary/aromatic N) is 1. The molecule has 0 fully saturated rings. The molecule has 1 aliphatic rings. The van der Waals surface area contributed by atoms with E-state index in [4.69, 9.17) is 4.42 Å². The molecule has 318 valence electrons. The van der Waals surface area contributed by atoms with Crippen LogP contribution in [0.4, 0.5) is 17.1 Å². The Balaban J connectivity index is 0.982. The monoisotopic (exact) mass is 883 g/mol. The number of hydrogen-bond acceptors (Lipinski definition) is 3. The van der Waals surface area contributed by atoms with Crippen LogP contribution < -0.4 is 4.90 Å². The first-order valence-electron chi connectivity index (χ1n) is 23.3. The van der Waals surface area contributed by atoms with Crippen LogP contribution in [0.1, 0.15) is 22.3 Å². The highest BCUT2D eigenvalue weighted by Crippen LogP contribution is 2.57. The molecular formula is C65H41NOS. The Kier molecular flexibility index (Phi) is 8.71. The van der Waals surface area contributed by atoms with E-state index in [0.717, 1.165) is 55.5 Å². The zero-order valence-corrected chi connectivity index (χ0v) is 37.8. The number of benzene rings is 11. The van der Waals surface area contributed by atoms with E-state index >= 15 is 0 Å². The van der Waals surface area contributed by atoms with Gasteiger partial charge in [-0.05, 0) is 116 Å². The molecule has 0 atom stereocenters. The molecule has 0 N–H and O–H groups in total. The van der Waals surface area contributed by atoms with Crippen LogP contribution in [0.5, 0.6) is 0 Å². The highest BCUT2D eigenvalue weighted by molar-refractivity contribution is 7.26. The standard InChI is InChI=1S/C65H41NOS/c1-3-18-45(19-4-1)65(46-20-5-2-6-21-46)58-29-11-9-24-53(58)54-39-37-49(41-59(54)65)66(47-35-32-43(33-36-47)52-27-14-28-56-55-25-10-12-31-61(55)68-64(52)56)48-22-13-17-44(40-48)50-26-15-30-60-62(50)57-38-34-42-16-7-8-23-51(42)63(57)67-60/h1-41H. The molecule has 0 amide bonds. The second-order valence-electron chi connectivity index (χ2n) is 17.9. The van der Waals surface area contributed by atoms with Crippen LogP contribution >= 0.6 is 11.3 Å². The van der Waals surface area contributed by atoms with Crippen LogP contribution in [0.15, 0.2) is 253 Å². The van der Waals surface area contributed by atoms with Gasteiger partial charge in [0, 0.05) is 53.4 Å². The largest absolute Gasteiger partial charge is 0.455 e. The summed E-state index contributed by atoms with van der Waals surface area (Å²) in [4.78, 5) is 2.44. The van der Waals surface area contributed by atoms with Crippen molar-refractivity contribution in [3.8, 4) is 33.4 Å². The lowest BCUT2D eigenvalue weighted by Crippen LogP contribution is -2.28. The average Bonchev–Trinajstić information content (AvgIpc) is 4.08. The van der Waals surface area contributed by atoms with E-state index < -0.39 is 5.41 Å². The fourth-order valence-corrected chi connectivity index (χ4v) is 12.6. The summed E-state index contributed by atoms with van der Waals surface area (Å²) in [5.74, 6) is 0. The Bertz CT molecular complexity index is 4050. The maximum absolute atomic E-state index is 6.69. The third-order valence-corrected chi connectivity index (χ3v) is 15.6. The summed E-state index contributed by atoms with van der Waals surface area (Å²) in [6.45, 7) is 0. The van der Waals surface area contributed by atoms with Crippen molar-refractivity contribution in [2.75, 3.05) is 4.90 Å². The molecular weight excluding hydrogens is 843 g/mol. The third-order valence-electron chi connectivity index (χ3n) is 14.3. The summed E-state index contributed by atoms with van der Waals surface area (Å²) in [5, 5.41) is 7.16. The van der Waals surface area contributed by atoms with Crippen molar-refractivity contribution in [3.63, 3.8) is 0 Å². The number of thiophene rings is 1. The van der Waals surface area contributed by atoms with Crippen molar-refractivity contribution in [1.29, 1.82) is 0 Å². The Labute approximate surface area is 398 Å². The van der Waals surface area contributed by atoms with Gasteiger partial charge in [0.1, 0.15) is 11.2 Å². The van der Waals surface area contributed by atoms with E-state index in [-0.39, 0.29) is 0 Å². The smallest absolute Gasteiger partial charge is 0.143 e. The minimum atomic E-state index is -0.535. The summed E-state index contributed by atoms with van der Waals surface area (Å²) in [6, 6.07) is 91.3. The zero-order valence-electron chi connectivity index (χ0n) is 36.9. The van der Waals surface area contributed by atoms with Gasteiger partial charge in [0.05, 0.1) is 5.41 Å². The van der Waals surface area contributed by atoms with E-state index in [2.05, 4.69) is 254 Å². The Morgan fingerprint density at radius 2 is 1.00 bits per heavy atom. The van der Waals surface area contributed by atoms with Crippen LogP contribution in [-0.2, 0) is 5.41 Å². The molecule has 3 heteroatoms. The number of rotatable bonds is 7. The van der Waals surface area contributed by atoms with Crippen LogP contribution in [-0.4, -0.2) is 0 Å². The lowest BCUT2D eigenvalue weighted by molar-refractivity contribution is 0.673. The van der Waals surface area contributed by atoms with Crippen molar-refractivity contribution in [2.45, 2.75) is 5.41 Å². The van der Waals surface area contributed by atoms with E-state index in [0.29, 0.717) is 0 Å². The van der Waals surface area contributed by atoms with E-state index in [1.54, 1.807) is 0 Å². The van der Waals surface area contributed by atoms with Crippen LogP contribution in [0.25, 0.3) is 86.3 Å². The number of fused-ring (bicyclic) bond motifs is 11. The van der Waals surface area contributed by atoms with E-state index in [1.807, 2.05) is 11.3 Å². The fraction of sp³-hybridized carbons (Fsp3) is 0.0154. The average molecular weight is 884 g/mol. The molecule has 1 aliphatic carbocycles. The van der Waals surface area contributed by atoms with E-state index in [9.17, 15) is 0 Å². The normalized spacial score (nSPS) is 12.8. The van der Waals surface area contributed by atoms with Gasteiger partial charge >= 0.3 is 0 Å². The molecule has 14 rings (SSSR count). The molecule has 0 radical (unpaired) electrons. The molecule has 0 bridgehead atoms. The van der Waals surface area contributed by atoms with Gasteiger partial charge in [-0.2, -0.15) is 0 Å². The summed E-state index contributed by atoms with van der Waals surface area (Å²) in [7, 11) is 0. The zero-order chi connectivity index (χ0) is 44.8. The van der Waals surface area contributed by atoms with Gasteiger partial charge < -0.3 is 9.32 Å². The van der Waals surface area contributed by atoms with Crippen molar-refractivity contribution in [3.05, 3.63) is 271 Å². The fourth-order valence-electron chi connectivity index (χ4n) is 11.4. The van der Waals surface area contributed by atoms with Crippen molar-refractivity contribution < 1.29 is 4.42 Å². The highest BCUT2D eigenvalue weighted by Gasteiger charge is 2.46. The van der Waals surface area contributed by atoms with E-state index in [1.165, 1.54) is 70.1 Å². The second kappa shape index (κ2) is 15.3. The Morgan fingerprint density at radius 3 is 1.84 bits per heavy atom. The minimum absolute atomic E-state index is 0.535. The molecule has 0 aliphatic heterocycles. The first-order valence-corrected chi connectivity index (χ1v) is 24.1. The molecule has 11 aromatic carbocycles. The molecule has 0 saturated heterocycles.